The van der Waals surface area contributed by atoms with Crippen LogP contribution in [0, 0.1) is 0 Å². The Morgan fingerprint density at radius 1 is 0.655 bits per heavy atom. The number of unbranched alkanes of at least 4 members (excludes halogenated alkanes) is 13. The number of aliphatic hydroxyl groups excluding tert-OH is 1. The Hall–Kier alpha value is -3.60. The van der Waals surface area contributed by atoms with E-state index in [-0.39, 0.29) is 30.6 Å². The van der Waals surface area contributed by atoms with Gasteiger partial charge in [0.25, 0.3) is 0 Å². The predicted molar refractivity (Wildman–Crippen MR) is 233 cm³/mol. The quantitative estimate of drug-likeness (QED) is 0.0313. The van der Waals surface area contributed by atoms with Crippen molar-refractivity contribution in [3.05, 3.63) is 95.1 Å². The van der Waals surface area contributed by atoms with E-state index in [4.69, 9.17) is 14.7 Å². The molecule has 3 atom stereocenters. The molecule has 1 fully saturated rings. The van der Waals surface area contributed by atoms with E-state index >= 15 is 0 Å². The number of carbonyl (C=O) groups excluding carboxylic acids is 2. The molecule has 3 aromatic rings. The lowest BCUT2D eigenvalue weighted by Crippen LogP contribution is -2.40. The number of hydrogen-bond acceptors (Lipinski definition) is 7. The fraction of sp³-hybridized carbons (Fsp3) is 0.592. The Morgan fingerprint density at radius 2 is 1.24 bits per heavy atom. The number of amides is 2. The predicted octanol–water partition coefficient (Wildman–Crippen LogP) is 10.9. The van der Waals surface area contributed by atoms with Crippen molar-refractivity contribution < 1.29 is 29.4 Å². The summed E-state index contributed by atoms with van der Waals surface area (Å²) in [4.78, 5) is 26.4. The summed E-state index contributed by atoms with van der Waals surface area (Å²) in [6, 6.07) is 24.9. The van der Waals surface area contributed by atoms with Gasteiger partial charge in [0.15, 0.2) is 6.29 Å². The molecule has 0 aromatic heterocycles. The molecule has 2 amide bonds. The maximum absolute atomic E-state index is 12.6. The molecule has 4 N–H and O–H groups in total. The van der Waals surface area contributed by atoms with Gasteiger partial charge in [-0.3, -0.25) is 14.8 Å². The van der Waals surface area contributed by atoms with Crippen molar-refractivity contribution >= 4 is 11.8 Å². The lowest BCUT2D eigenvalue weighted by Gasteiger charge is -2.38. The highest BCUT2D eigenvalue weighted by molar-refractivity contribution is 5.76. The van der Waals surface area contributed by atoms with Crippen LogP contribution in [0.2, 0.25) is 0 Å². The maximum Gasteiger partial charge on any atom is 0.243 e. The van der Waals surface area contributed by atoms with Crippen molar-refractivity contribution in [2.45, 2.75) is 167 Å². The van der Waals surface area contributed by atoms with Crippen molar-refractivity contribution in [3.8, 4) is 11.1 Å². The Kier molecular flexibility index (Phi) is 22.7. The zero-order chi connectivity index (χ0) is 41.2. The average Bonchev–Trinajstić information content (AvgIpc) is 3.26. The Bertz CT molecular complexity index is 1570. The molecular weight excluding hydrogens is 727 g/mol. The van der Waals surface area contributed by atoms with Gasteiger partial charge in [-0.05, 0) is 78.7 Å². The fourth-order valence-electron chi connectivity index (χ4n) is 7.84. The molecule has 320 valence electrons. The third kappa shape index (κ3) is 17.7. The maximum atomic E-state index is 12.6. The number of benzene rings is 3. The standard InChI is InChI=1S/C49H73N3O6/c1-3-5-7-9-13-17-31-52(32-18-14-10-8-6-4-2)37-45-35-46(41-29-27-39(38-53)28-30-41)58-49(57-45)44-24-20-23-43(34-44)42-22-19-21-40(33-42)36-50-47(54)25-15-11-12-16-26-48(55)51-56/h19-24,27-30,33-34,45-46,49,53,56H,3-18,25-26,31-32,35-38H2,1-2H3,(H,50,54)(H,51,55)/t45-,46+,49+/m1/s1. The molecule has 0 spiro atoms. The molecule has 9 nitrogen and oxygen atoms in total. The smallest absolute Gasteiger partial charge is 0.243 e. The zero-order valence-corrected chi connectivity index (χ0v) is 35.6. The monoisotopic (exact) mass is 800 g/mol. The third-order valence-corrected chi connectivity index (χ3v) is 11.3. The molecule has 4 rings (SSSR count). The van der Waals surface area contributed by atoms with Crippen LogP contribution in [0.4, 0.5) is 0 Å². The average molecular weight is 800 g/mol. The number of nitrogens with one attached hydrogen (secondary N) is 2. The second-order valence-corrected chi connectivity index (χ2v) is 16.2. The van der Waals surface area contributed by atoms with Crippen molar-refractivity contribution in [2.75, 3.05) is 19.6 Å². The molecular formula is C49H73N3O6. The summed E-state index contributed by atoms with van der Waals surface area (Å²) >= 11 is 0. The Morgan fingerprint density at radius 3 is 1.88 bits per heavy atom. The van der Waals surface area contributed by atoms with Gasteiger partial charge in [0.2, 0.25) is 11.8 Å². The van der Waals surface area contributed by atoms with Crippen molar-refractivity contribution in [3.63, 3.8) is 0 Å². The molecule has 0 bridgehead atoms. The molecule has 58 heavy (non-hydrogen) atoms. The van der Waals surface area contributed by atoms with Crippen LogP contribution >= 0.6 is 0 Å². The first-order valence-corrected chi connectivity index (χ1v) is 22.5. The van der Waals surface area contributed by atoms with Crippen LogP contribution in [0.25, 0.3) is 11.1 Å². The lowest BCUT2D eigenvalue weighted by molar-refractivity contribution is -0.253. The Balaban J connectivity index is 1.42. The second-order valence-electron chi connectivity index (χ2n) is 16.2. The van der Waals surface area contributed by atoms with Gasteiger partial charge in [-0.2, -0.15) is 0 Å². The lowest BCUT2D eigenvalue weighted by atomic mass is 9.98. The summed E-state index contributed by atoms with van der Waals surface area (Å²) in [7, 11) is 0. The van der Waals surface area contributed by atoms with E-state index in [1.165, 1.54) is 77.0 Å². The van der Waals surface area contributed by atoms with Crippen LogP contribution in [-0.2, 0) is 32.2 Å². The van der Waals surface area contributed by atoms with Gasteiger partial charge in [-0.25, -0.2) is 5.48 Å². The van der Waals surface area contributed by atoms with E-state index in [0.29, 0.717) is 25.8 Å². The molecule has 0 unspecified atom stereocenters. The fourth-order valence-corrected chi connectivity index (χ4v) is 7.84. The van der Waals surface area contributed by atoms with Crippen LogP contribution in [0.1, 0.15) is 170 Å². The van der Waals surface area contributed by atoms with E-state index in [0.717, 1.165) is 78.7 Å². The zero-order valence-electron chi connectivity index (χ0n) is 35.6. The summed E-state index contributed by atoms with van der Waals surface area (Å²) in [6.45, 7) is 8.09. The second kappa shape index (κ2) is 28.0. The van der Waals surface area contributed by atoms with Gasteiger partial charge in [0.05, 0.1) is 18.8 Å². The number of ether oxygens (including phenoxy) is 2. The summed E-state index contributed by atoms with van der Waals surface area (Å²) in [5.74, 6) is -0.360. The molecule has 0 saturated carbocycles. The van der Waals surface area contributed by atoms with Crippen LogP contribution in [0.5, 0.6) is 0 Å². The van der Waals surface area contributed by atoms with Crippen molar-refractivity contribution in [2.24, 2.45) is 0 Å². The largest absolute Gasteiger partial charge is 0.392 e. The minimum absolute atomic E-state index is 0.00445. The van der Waals surface area contributed by atoms with Gasteiger partial charge < -0.3 is 24.8 Å². The minimum atomic E-state index is -0.527. The van der Waals surface area contributed by atoms with Gasteiger partial charge in [0, 0.05) is 37.9 Å². The van der Waals surface area contributed by atoms with Gasteiger partial charge in [-0.15, -0.1) is 0 Å². The van der Waals surface area contributed by atoms with E-state index in [1.54, 1.807) is 5.48 Å². The molecule has 1 saturated heterocycles. The Labute approximate surface area is 349 Å². The first kappa shape index (κ1) is 47.1. The highest BCUT2D eigenvalue weighted by Gasteiger charge is 2.33. The van der Waals surface area contributed by atoms with E-state index in [1.807, 2.05) is 24.3 Å². The number of hydrogen-bond donors (Lipinski definition) is 4. The molecule has 3 aromatic carbocycles. The number of aliphatic hydroxyl groups is 1. The van der Waals surface area contributed by atoms with Crippen LogP contribution < -0.4 is 10.8 Å². The molecule has 0 aliphatic carbocycles. The van der Waals surface area contributed by atoms with Crippen LogP contribution in [0.15, 0.2) is 72.8 Å². The number of carbonyl (C=O) groups is 2. The molecule has 0 radical (unpaired) electrons. The molecule has 1 heterocycles. The first-order chi connectivity index (χ1) is 28.4. The topological polar surface area (TPSA) is 120 Å². The summed E-state index contributed by atoms with van der Waals surface area (Å²) in [5, 5.41) is 21.4. The SMILES string of the molecule is CCCCCCCCN(CCCCCCCC)C[C@H]1C[C@@H](c2ccc(CO)cc2)O[C@@H](c2cccc(-c3cccc(CNC(=O)CCCCCCC(=O)NO)c3)c2)O1. The number of nitrogens with zero attached hydrogens (tertiary/aromatic N) is 1. The van der Waals surface area contributed by atoms with Crippen molar-refractivity contribution in [1.82, 2.24) is 15.7 Å². The normalized spacial score (nSPS) is 16.7. The van der Waals surface area contributed by atoms with Crippen LogP contribution in [-0.4, -0.2) is 52.8 Å². The molecule has 9 heteroatoms. The first-order valence-electron chi connectivity index (χ1n) is 22.5. The third-order valence-electron chi connectivity index (χ3n) is 11.3. The van der Waals surface area contributed by atoms with E-state index in [2.05, 4.69) is 72.6 Å². The van der Waals surface area contributed by atoms with Gasteiger partial charge in [-0.1, -0.05) is 152 Å². The highest BCUT2D eigenvalue weighted by atomic mass is 16.7. The molecule has 1 aliphatic heterocycles. The number of rotatable bonds is 29. The van der Waals surface area contributed by atoms with Gasteiger partial charge in [0.1, 0.15) is 0 Å². The summed E-state index contributed by atoms with van der Waals surface area (Å²) in [5.41, 5.74) is 7.78. The summed E-state index contributed by atoms with van der Waals surface area (Å²) < 4.78 is 13.7. The van der Waals surface area contributed by atoms with Crippen LogP contribution in [0.3, 0.4) is 0 Å². The van der Waals surface area contributed by atoms with E-state index < -0.39 is 6.29 Å². The minimum Gasteiger partial charge on any atom is -0.392 e. The van der Waals surface area contributed by atoms with Crippen molar-refractivity contribution in [1.29, 1.82) is 0 Å². The highest BCUT2D eigenvalue weighted by Crippen LogP contribution is 2.39. The van der Waals surface area contributed by atoms with Gasteiger partial charge >= 0.3 is 0 Å². The van der Waals surface area contributed by atoms with E-state index in [9.17, 15) is 14.7 Å². The summed E-state index contributed by atoms with van der Waals surface area (Å²) in [6.07, 6.45) is 19.5. The molecule has 1 aliphatic rings. The number of hydroxylamine groups is 1.